The van der Waals surface area contributed by atoms with Crippen molar-refractivity contribution in [2.45, 2.75) is 149 Å². The van der Waals surface area contributed by atoms with Crippen LogP contribution in [-0.4, -0.2) is 86.1 Å². The quantitative estimate of drug-likeness (QED) is 0.151. The summed E-state index contributed by atoms with van der Waals surface area (Å²) in [6, 6.07) is 0. The largest absolute Gasteiger partial charge is 0.394 e. The molecule has 0 aromatic carbocycles. The highest BCUT2D eigenvalue weighted by atomic mass is 17.2. The van der Waals surface area contributed by atoms with Crippen LogP contribution in [0, 0.1) is 50.2 Å². The maximum atomic E-state index is 14.2. The van der Waals surface area contributed by atoms with E-state index in [9.17, 15) is 35.4 Å². The Hall–Kier alpha value is -1.11. The second-order valence-corrected chi connectivity index (χ2v) is 18.0. The molecule has 6 N–H and O–H groups in total. The topological polar surface area (TPSA) is 166 Å². The van der Waals surface area contributed by atoms with Crippen LogP contribution in [0.5, 0.6) is 0 Å². The lowest BCUT2D eigenvalue weighted by atomic mass is 9.33. The molecule has 14 atom stereocenters. The first-order valence-corrected chi connectivity index (χ1v) is 17.5. The lowest BCUT2D eigenvalue weighted by molar-refractivity contribution is -0.410. The fraction of sp³-hybridized carbons (Fsp3) is 0.917. The summed E-state index contributed by atoms with van der Waals surface area (Å²) in [5.74, 6) is -0.247. The summed E-state index contributed by atoms with van der Waals surface area (Å²) >= 11 is 0. The van der Waals surface area contributed by atoms with Crippen molar-refractivity contribution in [2.24, 2.45) is 50.2 Å². The Kier molecular flexibility index (Phi) is 8.46. The summed E-state index contributed by atoms with van der Waals surface area (Å²) in [6.45, 7) is 15.4. The average Bonchev–Trinajstić information content (AvgIpc) is 2.98. The number of ether oxygens (including phenoxy) is 1. The molecule has 6 aliphatic rings. The van der Waals surface area contributed by atoms with Gasteiger partial charge in [0.2, 0.25) is 6.29 Å². The number of carbonyl (C=O) groups is 1. The number of hydrogen-bond donors (Lipinski definition) is 6. The fourth-order valence-corrected chi connectivity index (χ4v) is 12.0. The van der Waals surface area contributed by atoms with Crippen LogP contribution in [0.15, 0.2) is 11.6 Å². The van der Waals surface area contributed by atoms with Crippen molar-refractivity contribution in [3.8, 4) is 0 Å². The zero-order valence-electron chi connectivity index (χ0n) is 28.7. The molecular formula is C36H58O10. The van der Waals surface area contributed by atoms with Crippen molar-refractivity contribution < 1.29 is 49.9 Å². The number of hydrogen-bond acceptors (Lipinski definition) is 10. The summed E-state index contributed by atoms with van der Waals surface area (Å²) in [5, 5.41) is 63.7. The predicted molar refractivity (Wildman–Crippen MR) is 167 cm³/mol. The minimum absolute atomic E-state index is 0.0459. The van der Waals surface area contributed by atoms with E-state index in [4.69, 9.17) is 14.5 Å². The summed E-state index contributed by atoms with van der Waals surface area (Å²) in [7, 11) is 0. The molecule has 1 aliphatic heterocycles. The number of carbonyl (C=O) groups excluding carboxylic acids is 1. The highest BCUT2D eigenvalue weighted by Crippen LogP contribution is 2.75. The second kappa shape index (κ2) is 11.2. The van der Waals surface area contributed by atoms with Gasteiger partial charge in [-0.05, 0) is 103 Å². The Morgan fingerprint density at radius 2 is 1.54 bits per heavy atom. The van der Waals surface area contributed by atoms with Crippen LogP contribution in [-0.2, 0) is 19.3 Å². The monoisotopic (exact) mass is 650 g/mol. The average molecular weight is 651 g/mol. The van der Waals surface area contributed by atoms with Crippen molar-refractivity contribution in [3.05, 3.63) is 11.6 Å². The second-order valence-electron chi connectivity index (χ2n) is 18.0. The van der Waals surface area contributed by atoms with Gasteiger partial charge < -0.3 is 35.4 Å². The van der Waals surface area contributed by atoms with Crippen molar-refractivity contribution >= 4 is 5.97 Å². The Morgan fingerprint density at radius 1 is 0.848 bits per heavy atom. The van der Waals surface area contributed by atoms with E-state index in [0.29, 0.717) is 37.5 Å². The first-order chi connectivity index (χ1) is 21.3. The molecule has 10 nitrogen and oxygen atoms in total. The molecule has 1 saturated heterocycles. The Morgan fingerprint density at radius 3 is 2.22 bits per heavy atom. The van der Waals surface area contributed by atoms with Gasteiger partial charge >= 0.3 is 5.97 Å². The molecule has 6 rings (SSSR count). The van der Waals surface area contributed by atoms with Gasteiger partial charge in [-0.3, -0.25) is 4.89 Å². The zero-order chi connectivity index (χ0) is 33.8. The van der Waals surface area contributed by atoms with Gasteiger partial charge in [0.25, 0.3) is 0 Å². The number of rotatable bonds is 4. The van der Waals surface area contributed by atoms with E-state index >= 15 is 0 Å². The number of allylic oxidation sites excluding steroid dienone is 2. The van der Waals surface area contributed by atoms with Crippen molar-refractivity contribution in [1.82, 2.24) is 0 Å². The minimum Gasteiger partial charge on any atom is -0.394 e. The van der Waals surface area contributed by atoms with E-state index in [0.717, 1.165) is 32.1 Å². The van der Waals surface area contributed by atoms with E-state index in [1.165, 1.54) is 5.57 Å². The summed E-state index contributed by atoms with van der Waals surface area (Å²) in [4.78, 5) is 25.0. The van der Waals surface area contributed by atoms with Gasteiger partial charge in [-0.2, -0.15) is 0 Å². The van der Waals surface area contributed by atoms with Gasteiger partial charge in [0.1, 0.15) is 29.8 Å². The van der Waals surface area contributed by atoms with Gasteiger partial charge in [0.15, 0.2) is 0 Å². The van der Waals surface area contributed by atoms with Crippen LogP contribution in [0.2, 0.25) is 0 Å². The lowest BCUT2D eigenvalue weighted by Gasteiger charge is -2.71. The molecule has 1 heterocycles. The first-order valence-electron chi connectivity index (χ1n) is 17.5. The molecule has 1 unspecified atom stereocenters. The maximum absolute atomic E-state index is 14.2. The zero-order valence-corrected chi connectivity index (χ0v) is 28.7. The fourth-order valence-electron chi connectivity index (χ4n) is 12.0. The van der Waals surface area contributed by atoms with E-state index < -0.39 is 54.8 Å². The van der Waals surface area contributed by atoms with Crippen molar-refractivity contribution in [1.29, 1.82) is 0 Å². The van der Waals surface area contributed by atoms with Crippen LogP contribution in [0.4, 0.5) is 0 Å². The Balaban J connectivity index is 1.33. The summed E-state index contributed by atoms with van der Waals surface area (Å²) in [5.41, 5.74) is -0.711. The molecular weight excluding hydrogens is 592 g/mol. The number of fused-ring (bicyclic) bond motifs is 7. The third kappa shape index (κ3) is 4.67. The highest BCUT2D eigenvalue weighted by Gasteiger charge is 2.71. The molecule has 5 aliphatic carbocycles. The van der Waals surface area contributed by atoms with Crippen LogP contribution in [0.1, 0.15) is 106 Å². The van der Waals surface area contributed by atoms with E-state index in [1.54, 1.807) is 0 Å². The molecule has 0 spiro atoms. The third-order valence-corrected chi connectivity index (χ3v) is 15.1. The molecule has 46 heavy (non-hydrogen) atoms. The molecule has 0 aromatic heterocycles. The van der Waals surface area contributed by atoms with E-state index in [1.807, 2.05) is 0 Å². The van der Waals surface area contributed by atoms with Crippen LogP contribution in [0.3, 0.4) is 0 Å². The molecule has 0 bridgehead atoms. The van der Waals surface area contributed by atoms with E-state index in [-0.39, 0.29) is 39.1 Å². The molecule has 10 heteroatoms. The highest BCUT2D eigenvalue weighted by molar-refractivity contribution is 5.79. The van der Waals surface area contributed by atoms with Gasteiger partial charge in [-0.15, -0.1) is 4.89 Å². The Labute approximate surface area is 273 Å². The first kappa shape index (κ1) is 34.7. The van der Waals surface area contributed by atoms with Crippen molar-refractivity contribution in [2.75, 3.05) is 6.61 Å². The van der Waals surface area contributed by atoms with Gasteiger partial charge in [-0.25, -0.2) is 4.79 Å². The van der Waals surface area contributed by atoms with Crippen LogP contribution in [0.25, 0.3) is 0 Å². The maximum Gasteiger partial charge on any atom is 0.351 e. The minimum atomic E-state index is -1.72. The van der Waals surface area contributed by atoms with Gasteiger partial charge in [-0.1, -0.05) is 60.1 Å². The van der Waals surface area contributed by atoms with E-state index in [2.05, 4.69) is 54.5 Å². The van der Waals surface area contributed by atoms with Crippen molar-refractivity contribution in [3.63, 3.8) is 0 Å². The van der Waals surface area contributed by atoms with Crippen LogP contribution >= 0.6 is 0 Å². The van der Waals surface area contributed by atoms with Gasteiger partial charge in [0.05, 0.1) is 18.8 Å². The molecule has 262 valence electrons. The SMILES string of the molecule is CC1(C)CC[C@]2(C(=O)OO[C@@H]3O[C@H](CO)[C@@H](O)[C@H](O)[C@H]3O)[C@H](O)C[C@]3(C)C(=CC[C@@H]4[C@@]5(C)CC[C@H](O)C(C)(C)C5CC[C@]43C)[C@H]2C1. The smallest absolute Gasteiger partial charge is 0.351 e. The Bertz CT molecular complexity index is 1230. The predicted octanol–water partition coefficient (Wildman–Crippen LogP) is 3.39. The number of aliphatic hydroxyl groups is 6. The van der Waals surface area contributed by atoms with Crippen LogP contribution < -0.4 is 0 Å². The van der Waals surface area contributed by atoms with Gasteiger partial charge in [0, 0.05) is 0 Å². The summed E-state index contributed by atoms with van der Waals surface area (Å²) in [6.07, 6.45) is 0.162. The third-order valence-electron chi connectivity index (χ3n) is 15.1. The normalized spacial score (nSPS) is 52.7. The summed E-state index contributed by atoms with van der Waals surface area (Å²) < 4.78 is 5.41. The molecule has 0 radical (unpaired) electrons. The number of aliphatic hydroxyl groups excluding tert-OH is 6. The molecule has 4 saturated carbocycles. The molecule has 0 aromatic rings. The molecule has 0 amide bonds. The standard InChI is InChI=1S/C36H58O10/c1-31(2)14-15-36(30(43)46-45-29-28(42)27(41)26(40)21(18-37)44-29)20(16-31)19-8-9-23-33(5)12-11-24(38)32(3,4)22(33)10-13-34(23,6)35(19,7)17-25(36)39/h8,20-29,37-42H,9-18H2,1-7H3/t20-,21-,22?,23-,24+,25-,26-,27+,28-,29+,33+,34-,35-,36-/m1/s1. The lowest BCUT2D eigenvalue weighted by Crippen LogP contribution is -2.67. The molecule has 5 fully saturated rings.